The normalized spacial score (nSPS) is 12.1. The first-order valence-corrected chi connectivity index (χ1v) is 3.58. The van der Waals surface area contributed by atoms with Crippen LogP contribution in [0.1, 0.15) is 11.5 Å². The Labute approximate surface area is 73.8 Å². The number of halogens is 1. The van der Waals surface area contributed by atoms with E-state index in [0.29, 0.717) is 0 Å². The van der Waals surface area contributed by atoms with Gasteiger partial charge in [-0.15, -0.1) is 0 Å². The standard InChI is InChI=1S/C9H7FO3/c10-7-3-1-2-6(4-7)8(5-11)9(12)13/h1-5,8H,(H,12,13). The summed E-state index contributed by atoms with van der Waals surface area (Å²) in [6.45, 7) is 0. The van der Waals surface area contributed by atoms with Gasteiger partial charge in [0, 0.05) is 0 Å². The molecule has 0 aromatic heterocycles. The molecule has 0 aliphatic carbocycles. The SMILES string of the molecule is O=CC(C(=O)O)c1cccc(F)c1. The van der Waals surface area contributed by atoms with Crippen LogP contribution in [0.5, 0.6) is 0 Å². The molecule has 0 spiro atoms. The smallest absolute Gasteiger partial charge is 0.318 e. The van der Waals surface area contributed by atoms with E-state index in [1.54, 1.807) is 0 Å². The maximum atomic E-state index is 12.6. The van der Waals surface area contributed by atoms with Crippen molar-refractivity contribution in [1.82, 2.24) is 0 Å². The summed E-state index contributed by atoms with van der Waals surface area (Å²) in [4.78, 5) is 20.8. The summed E-state index contributed by atoms with van der Waals surface area (Å²) in [6.07, 6.45) is 0.275. The summed E-state index contributed by atoms with van der Waals surface area (Å²) in [5, 5.41) is 8.56. The van der Waals surface area contributed by atoms with Gasteiger partial charge in [-0.05, 0) is 17.7 Å². The summed E-state index contributed by atoms with van der Waals surface area (Å²) in [5.41, 5.74) is 0.155. The summed E-state index contributed by atoms with van der Waals surface area (Å²) in [7, 11) is 0. The van der Waals surface area contributed by atoms with Crippen molar-refractivity contribution in [2.24, 2.45) is 0 Å². The van der Waals surface area contributed by atoms with Crippen molar-refractivity contribution in [3.8, 4) is 0 Å². The molecule has 1 atom stereocenters. The molecule has 3 nitrogen and oxygen atoms in total. The van der Waals surface area contributed by atoms with Gasteiger partial charge in [0.15, 0.2) is 0 Å². The highest BCUT2D eigenvalue weighted by Crippen LogP contribution is 2.14. The molecule has 1 rings (SSSR count). The van der Waals surface area contributed by atoms with E-state index in [0.717, 1.165) is 6.07 Å². The minimum absolute atomic E-state index is 0.155. The molecule has 1 unspecified atom stereocenters. The summed E-state index contributed by atoms with van der Waals surface area (Å²) >= 11 is 0. The van der Waals surface area contributed by atoms with E-state index in [9.17, 15) is 14.0 Å². The monoisotopic (exact) mass is 182 g/mol. The third kappa shape index (κ3) is 2.11. The van der Waals surface area contributed by atoms with Gasteiger partial charge >= 0.3 is 5.97 Å². The first-order chi connectivity index (χ1) is 6.15. The lowest BCUT2D eigenvalue weighted by Gasteiger charge is -2.04. The van der Waals surface area contributed by atoms with Crippen LogP contribution >= 0.6 is 0 Å². The quantitative estimate of drug-likeness (QED) is 0.564. The fraction of sp³-hybridized carbons (Fsp3) is 0.111. The first kappa shape index (κ1) is 9.38. The number of hydrogen-bond donors (Lipinski definition) is 1. The van der Waals surface area contributed by atoms with E-state index < -0.39 is 17.7 Å². The fourth-order valence-electron chi connectivity index (χ4n) is 0.979. The van der Waals surface area contributed by atoms with E-state index in [-0.39, 0.29) is 11.8 Å². The van der Waals surface area contributed by atoms with E-state index in [1.807, 2.05) is 0 Å². The lowest BCUT2D eigenvalue weighted by molar-refractivity contribution is -0.140. The van der Waals surface area contributed by atoms with Crippen molar-refractivity contribution < 1.29 is 19.1 Å². The molecule has 0 aliphatic rings. The predicted molar refractivity (Wildman–Crippen MR) is 42.8 cm³/mol. The van der Waals surface area contributed by atoms with Crippen LogP contribution < -0.4 is 0 Å². The van der Waals surface area contributed by atoms with Gasteiger partial charge in [-0.3, -0.25) is 4.79 Å². The number of carbonyl (C=O) groups is 2. The van der Waals surface area contributed by atoms with E-state index >= 15 is 0 Å². The van der Waals surface area contributed by atoms with Gasteiger partial charge in [0.2, 0.25) is 0 Å². The van der Waals surface area contributed by atoms with Crippen LogP contribution in [0.25, 0.3) is 0 Å². The van der Waals surface area contributed by atoms with Crippen LogP contribution in [0, 0.1) is 5.82 Å². The molecule has 0 radical (unpaired) electrons. The highest BCUT2D eigenvalue weighted by Gasteiger charge is 2.18. The Kier molecular flexibility index (Phi) is 2.74. The number of aliphatic carboxylic acids is 1. The molecule has 0 fully saturated rings. The zero-order chi connectivity index (χ0) is 9.84. The van der Waals surface area contributed by atoms with Crippen LogP contribution in [-0.4, -0.2) is 17.4 Å². The van der Waals surface area contributed by atoms with E-state index in [4.69, 9.17) is 5.11 Å². The Hall–Kier alpha value is -1.71. The van der Waals surface area contributed by atoms with Gasteiger partial charge in [0.05, 0.1) is 0 Å². The molecule has 0 saturated heterocycles. The average Bonchev–Trinajstić information content (AvgIpc) is 2.04. The Morgan fingerprint density at radius 2 is 2.23 bits per heavy atom. The number of carboxylic acid groups (broad SMARTS) is 1. The Morgan fingerprint density at radius 3 is 2.69 bits per heavy atom. The molecule has 4 heteroatoms. The average molecular weight is 182 g/mol. The fourth-order valence-corrected chi connectivity index (χ4v) is 0.979. The van der Waals surface area contributed by atoms with Gasteiger partial charge in [-0.1, -0.05) is 12.1 Å². The van der Waals surface area contributed by atoms with Crippen LogP contribution in [-0.2, 0) is 9.59 Å². The van der Waals surface area contributed by atoms with Crippen LogP contribution in [0.15, 0.2) is 24.3 Å². The molecule has 13 heavy (non-hydrogen) atoms. The highest BCUT2D eigenvalue weighted by atomic mass is 19.1. The summed E-state index contributed by atoms with van der Waals surface area (Å²) in [6, 6.07) is 4.99. The number of hydrogen-bond acceptors (Lipinski definition) is 2. The minimum atomic E-state index is -1.28. The van der Waals surface area contributed by atoms with Gasteiger partial charge in [-0.25, -0.2) is 4.39 Å². The molecule has 0 amide bonds. The number of carbonyl (C=O) groups excluding carboxylic acids is 1. The molecule has 0 bridgehead atoms. The molecule has 1 aromatic carbocycles. The molecule has 1 N–H and O–H groups in total. The van der Waals surface area contributed by atoms with Gasteiger partial charge in [0.1, 0.15) is 18.0 Å². The maximum absolute atomic E-state index is 12.6. The van der Waals surface area contributed by atoms with Gasteiger partial charge < -0.3 is 9.90 Å². The molecule has 0 saturated carbocycles. The molecular formula is C9H7FO3. The minimum Gasteiger partial charge on any atom is -0.480 e. The number of benzene rings is 1. The molecule has 1 aromatic rings. The summed E-state index contributed by atoms with van der Waals surface area (Å²) in [5.74, 6) is -3.11. The van der Waals surface area contributed by atoms with Crippen molar-refractivity contribution >= 4 is 12.3 Å². The van der Waals surface area contributed by atoms with Gasteiger partial charge in [-0.2, -0.15) is 0 Å². The Balaban J connectivity index is 3.04. The Morgan fingerprint density at radius 1 is 1.54 bits per heavy atom. The van der Waals surface area contributed by atoms with E-state index in [1.165, 1.54) is 18.2 Å². The number of aldehydes is 1. The first-order valence-electron chi connectivity index (χ1n) is 3.58. The number of carboxylic acids is 1. The zero-order valence-corrected chi connectivity index (χ0v) is 6.61. The highest BCUT2D eigenvalue weighted by molar-refractivity contribution is 5.92. The van der Waals surface area contributed by atoms with Crippen molar-refractivity contribution in [2.75, 3.05) is 0 Å². The third-order valence-electron chi connectivity index (χ3n) is 1.61. The van der Waals surface area contributed by atoms with Crippen molar-refractivity contribution in [3.05, 3.63) is 35.6 Å². The lowest BCUT2D eigenvalue weighted by Crippen LogP contribution is -2.12. The summed E-state index contributed by atoms with van der Waals surface area (Å²) < 4.78 is 12.6. The van der Waals surface area contributed by atoms with Crippen LogP contribution in [0.4, 0.5) is 4.39 Å². The maximum Gasteiger partial charge on any atom is 0.318 e. The van der Waals surface area contributed by atoms with Crippen molar-refractivity contribution in [3.63, 3.8) is 0 Å². The third-order valence-corrected chi connectivity index (χ3v) is 1.61. The Bertz CT molecular complexity index is 335. The zero-order valence-electron chi connectivity index (χ0n) is 6.61. The van der Waals surface area contributed by atoms with Crippen molar-refractivity contribution in [2.45, 2.75) is 5.92 Å². The molecule has 0 aliphatic heterocycles. The second-order valence-corrected chi connectivity index (χ2v) is 2.51. The van der Waals surface area contributed by atoms with Gasteiger partial charge in [0.25, 0.3) is 0 Å². The number of rotatable bonds is 3. The molecule has 0 heterocycles. The topological polar surface area (TPSA) is 54.4 Å². The largest absolute Gasteiger partial charge is 0.480 e. The second kappa shape index (κ2) is 3.80. The second-order valence-electron chi connectivity index (χ2n) is 2.51. The van der Waals surface area contributed by atoms with Crippen LogP contribution in [0.3, 0.4) is 0 Å². The molecular weight excluding hydrogens is 175 g/mol. The predicted octanol–water partition coefficient (Wildman–Crippen LogP) is 1.19. The van der Waals surface area contributed by atoms with E-state index in [2.05, 4.69) is 0 Å². The van der Waals surface area contributed by atoms with Crippen LogP contribution in [0.2, 0.25) is 0 Å². The van der Waals surface area contributed by atoms with Crippen molar-refractivity contribution in [1.29, 1.82) is 0 Å². The lowest BCUT2D eigenvalue weighted by atomic mass is 10.0. The molecule has 68 valence electrons.